The number of carbonyl (C=O) groups is 1. The van der Waals surface area contributed by atoms with Crippen molar-refractivity contribution in [3.63, 3.8) is 0 Å². The van der Waals surface area contributed by atoms with E-state index in [0.717, 1.165) is 5.39 Å². The first kappa shape index (κ1) is 11.3. The van der Waals surface area contributed by atoms with Crippen molar-refractivity contribution < 1.29 is 24.2 Å². The van der Waals surface area contributed by atoms with Crippen molar-refractivity contribution in [2.45, 2.75) is 12.8 Å². The van der Waals surface area contributed by atoms with Gasteiger partial charge in [-0.1, -0.05) is 0 Å². The van der Waals surface area contributed by atoms with Gasteiger partial charge in [-0.3, -0.25) is 4.79 Å². The Hall–Kier alpha value is -2.17. The van der Waals surface area contributed by atoms with Gasteiger partial charge in [0, 0.05) is 17.4 Å². The summed E-state index contributed by atoms with van der Waals surface area (Å²) in [6.45, 7) is 0. The fraction of sp³-hybridized carbons (Fsp3) is 0.250. The summed E-state index contributed by atoms with van der Waals surface area (Å²) in [5, 5.41) is 19.2. The second-order valence-electron chi connectivity index (χ2n) is 3.64. The Morgan fingerprint density at radius 3 is 2.94 bits per heavy atom. The summed E-state index contributed by atoms with van der Waals surface area (Å²) in [6, 6.07) is 3.25. The molecule has 2 rings (SSSR count). The predicted octanol–water partition coefficient (Wildman–Crippen LogP) is 2.16. The molecule has 1 heterocycles. The van der Waals surface area contributed by atoms with Crippen molar-refractivity contribution in [1.82, 2.24) is 0 Å². The van der Waals surface area contributed by atoms with Crippen LogP contribution in [0.2, 0.25) is 0 Å². The molecule has 1 aromatic carbocycles. The number of furan rings is 1. The highest BCUT2D eigenvalue weighted by molar-refractivity contribution is 5.87. The molecule has 90 valence electrons. The molecule has 2 aromatic rings. The Kier molecular flexibility index (Phi) is 2.91. The molecule has 0 aliphatic carbocycles. The number of carboxylic acid groups (broad SMARTS) is 1. The van der Waals surface area contributed by atoms with E-state index in [-0.39, 0.29) is 18.6 Å². The summed E-state index contributed by atoms with van der Waals surface area (Å²) < 4.78 is 10.4. The van der Waals surface area contributed by atoms with Gasteiger partial charge in [0.2, 0.25) is 0 Å². The van der Waals surface area contributed by atoms with E-state index in [9.17, 15) is 9.90 Å². The van der Waals surface area contributed by atoms with Gasteiger partial charge in [0.15, 0.2) is 11.3 Å². The first-order valence-electron chi connectivity index (χ1n) is 5.11. The van der Waals surface area contributed by atoms with E-state index < -0.39 is 5.97 Å². The average molecular weight is 236 g/mol. The van der Waals surface area contributed by atoms with Crippen LogP contribution in [-0.4, -0.2) is 23.3 Å². The smallest absolute Gasteiger partial charge is 0.303 e. The average Bonchev–Trinajstić information content (AvgIpc) is 2.72. The number of hydrogen-bond donors (Lipinski definition) is 2. The van der Waals surface area contributed by atoms with Crippen molar-refractivity contribution in [3.05, 3.63) is 24.0 Å². The summed E-state index contributed by atoms with van der Waals surface area (Å²) >= 11 is 0. The number of carboxylic acids is 1. The number of phenols is 1. The summed E-state index contributed by atoms with van der Waals surface area (Å²) in [5.74, 6) is -0.505. The zero-order chi connectivity index (χ0) is 12.4. The van der Waals surface area contributed by atoms with Crippen LogP contribution in [0.25, 0.3) is 11.0 Å². The molecular formula is C12H12O5. The Balaban J connectivity index is 2.51. The fourth-order valence-corrected chi connectivity index (χ4v) is 1.79. The van der Waals surface area contributed by atoms with E-state index >= 15 is 0 Å². The van der Waals surface area contributed by atoms with Gasteiger partial charge in [-0.25, -0.2) is 0 Å². The van der Waals surface area contributed by atoms with Gasteiger partial charge in [0.05, 0.1) is 13.4 Å². The second-order valence-corrected chi connectivity index (χ2v) is 3.64. The highest BCUT2D eigenvalue weighted by Gasteiger charge is 2.16. The molecule has 0 bridgehead atoms. The molecule has 0 aliphatic rings. The number of methoxy groups -OCH3 is 1. The van der Waals surface area contributed by atoms with E-state index in [2.05, 4.69) is 0 Å². The normalized spacial score (nSPS) is 10.6. The number of rotatable bonds is 4. The molecule has 0 amide bonds. The maximum atomic E-state index is 10.6. The monoisotopic (exact) mass is 236 g/mol. The maximum Gasteiger partial charge on any atom is 0.303 e. The lowest BCUT2D eigenvalue weighted by Gasteiger charge is -2.10. The van der Waals surface area contributed by atoms with E-state index in [4.69, 9.17) is 14.3 Å². The highest BCUT2D eigenvalue weighted by Crippen LogP contribution is 2.37. The van der Waals surface area contributed by atoms with Crippen LogP contribution in [0.4, 0.5) is 0 Å². The minimum absolute atomic E-state index is 0.0250. The van der Waals surface area contributed by atoms with Crippen LogP contribution in [0.3, 0.4) is 0 Å². The van der Waals surface area contributed by atoms with Crippen molar-refractivity contribution in [1.29, 1.82) is 0 Å². The Morgan fingerprint density at radius 1 is 1.53 bits per heavy atom. The molecule has 5 nitrogen and oxygen atoms in total. The van der Waals surface area contributed by atoms with Crippen LogP contribution in [0.5, 0.6) is 11.5 Å². The first-order chi connectivity index (χ1) is 8.13. The first-order valence-corrected chi connectivity index (χ1v) is 5.11. The summed E-state index contributed by atoms with van der Waals surface area (Å²) in [4.78, 5) is 10.6. The largest absolute Gasteiger partial charge is 0.508 e. The van der Waals surface area contributed by atoms with Gasteiger partial charge >= 0.3 is 5.97 Å². The molecule has 0 saturated heterocycles. The number of fused-ring (bicyclic) bond motifs is 1. The van der Waals surface area contributed by atoms with E-state index in [1.165, 1.54) is 13.4 Å². The Labute approximate surface area is 97.2 Å². The highest BCUT2D eigenvalue weighted by atomic mass is 16.5. The van der Waals surface area contributed by atoms with Crippen molar-refractivity contribution in [2.24, 2.45) is 0 Å². The van der Waals surface area contributed by atoms with Crippen LogP contribution in [-0.2, 0) is 11.2 Å². The molecule has 0 atom stereocenters. The lowest BCUT2D eigenvalue weighted by Crippen LogP contribution is -2.00. The SMILES string of the molecule is COc1c(CCC(=O)O)c(O)cc2ccoc12. The Morgan fingerprint density at radius 2 is 2.29 bits per heavy atom. The summed E-state index contributed by atoms with van der Waals surface area (Å²) in [5.41, 5.74) is 0.975. The Bertz CT molecular complexity index is 555. The number of aliphatic carboxylic acids is 1. The van der Waals surface area contributed by atoms with Crippen molar-refractivity contribution in [3.8, 4) is 11.5 Å². The van der Waals surface area contributed by atoms with Crippen LogP contribution in [0, 0.1) is 0 Å². The third kappa shape index (κ3) is 2.04. The van der Waals surface area contributed by atoms with Crippen LogP contribution in [0.1, 0.15) is 12.0 Å². The zero-order valence-electron chi connectivity index (χ0n) is 9.27. The standard InChI is InChI=1S/C12H12O5/c1-16-12-8(2-3-10(14)15)9(13)6-7-4-5-17-11(7)12/h4-6,13H,2-3H2,1H3,(H,14,15). The van der Waals surface area contributed by atoms with E-state index in [0.29, 0.717) is 16.9 Å². The lowest BCUT2D eigenvalue weighted by atomic mass is 10.1. The molecule has 0 aliphatic heterocycles. The van der Waals surface area contributed by atoms with Crippen LogP contribution < -0.4 is 4.74 Å². The fourth-order valence-electron chi connectivity index (χ4n) is 1.79. The van der Waals surface area contributed by atoms with E-state index in [1.54, 1.807) is 12.1 Å². The zero-order valence-corrected chi connectivity index (χ0v) is 9.27. The second kappa shape index (κ2) is 4.37. The third-order valence-corrected chi connectivity index (χ3v) is 2.57. The summed E-state index contributed by atoms with van der Waals surface area (Å²) in [7, 11) is 1.46. The number of aromatic hydroxyl groups is 1. The maximum absolute atomic E-state index is 10.6. The quantitative estimate of drug-likeness (QED) is 0.850. The van der Waals surface area contributed by atoms with Gasteiger partial charge in [-0.2, -0.15) is 0 Å². The van der Waals surface area contributed by atoms with Crippen molar-refractivity contribution >= 4 is 16.9 Å². The van der Waals surface area contributed by atoms with Gasteiger partial charge in [0.1, 0.15) is 5.75 Å². The molecule has 0 saturated carbocycles. The molecular weight excluding hydrogens is 224 g/mol. The molecule has 0 unspecified atom stereocenters. The number of phenolic OH excluding ortho intramolecular Hbond substituents is 1. The molecule has 0 fully saturated rings. The molecule has 17 heavy (non-hydrogen) atoms. The van der Waals surface area contributed by atoms with Gasteiger partial charge in [-0.05, 0) is 18.6 Å². The van der Waals surface area contributed by atoms with Gasteiger partial charge < -0.3 is 19.4 Å². The lowest BCUT2D eigenvalue weighted by molar-refractivity contribution is -0.136. The minimum atomic E-state index is -0.925. The number of ether oxygens (including phenoxy) is 1. The topological polar surface area (TPSA) is 79.9 Å². The predicted molar refractivity (Wildman–Crippen MR) is 60.4 cm³/mol. The van der Waals surface area contributed by atoms with Crippen LogP contribution >= 0.6 is 0 Å². The summed E-state index contributed by atoms with van der Waals surface area (Å²) in [6.07, 6.45) is 1.62. The molecule has 2 N–H and O–H groups in total. The van der Waals surface area contributed by atoms with Gasteiger partial charge in [0.25, 0.3) is 0 Å². The van der Waals surface area contributed by atoms with Gasteiger partial charge in [-0.15, -0.1) is 0 Å². The minimum Gasteiger partial charge on any atom is -0.508 e. The molecule has 0 spiro atoms. The number of benzene rings is 1. The van der Waals surface area contributed by atoms with E-state index in [1.807, 2.05) is 0 Å². The molecule has 0 radical (unpaired) electrons. The third-order valence-electron chi connectivity index (χ3n) is 2.57. The number of hydrogen-bond acceptors (Lipinski definition) is 4. The molecule has 5 heteroatoms. The van der Waals surface area contributed by atoms with Crippen LogP contribution in [0.15, 0.2) is 22.8 Å². The molecule has 1 aromatic heterocycles. The van der Waals surface area contributed by atoms with Crippen molar-refractivity contribution in [2.75, 3.05) is 7.11 Å².